The minimum Gasteiger partial charge on any atom is -0.481 e. The molecule has 10 heteroatoms. The number of carbonyl (C=O) groups excluding carboxylic acids is 1. The molecule has 112 valence electrons. The Morgan fingerprint density at radius 1 is 1.21 bits per heavy atom. The summed E-state index contributed by atoms with van der Waals surface area (Å²) >= 11 is 0. The quantitative estimate of drug-likeness (QED) is 0.430. The van der Waals surface area contributed by atoms with E-state index in [0.29, 0.717) is 0 Å². The minimum atomic E-state index is -4.22. The first-order chi connectivity index (χ1) is 8.75. The number of nitrogens with one attached hydrogen (secondary N) is 2. The fourth-order valence-corrected chi connectivity index (χ4v) is 0.853. The van der Waals surface area contributed by atoms with Gasteiger partial charge in [0.2, 0.25) is 0 Å². The molecule has 0 rings (SSSR count). The summed E-state index contributed by atoms with van der Waals surface area (Å²) in [4.78, 5) is 21.1. The molecule has 2 amide bonds. The van der Waals surface area contributed by atoms with Crippen molar-refractivity contribution < 1.29 is 37.0 Å². The Bertz CT molecular complexity index is 302. The molecular weight excluding hydrogens is 276 g/mol. The SMILES string of the molecule is O=C(O)CCNC(=O)NCCOCC(F)(F)C(F)F. The van der Waals surface area contributed by atoms with Gasteiger partial charge in [0.05, 0.1) is 13.0 Å². The molecule has 0 saturated carbocycles. The number of halogens is 4. The summed E-state index contributed by atoms with van der Waals surface area (Å²) in [6, 6.07) is -0.703. The third-order valence-corrected chi connectivity index (χ3v) is 1.77. The van der Waals surface area contributed by atoms with Crippen molar-refractivity contribution in [1.29, 1.82) is 0 Å². The first kappa shape index (κ1) is 17.4. The van der Waals surface area contributed by atoms with Crippen LogP contribution >= 0.6 is 0 Å². The normalized spacial score (nSPS) is 11.4. The second-order valence-electron chi connectivity index (χ2n) is 3.44. The number of ether oxygens (including phenoxy) is 1. The molecule has 0 aromatic heterocycles. The van der Waals surface area contributed by atoms with Gasteiger partial charge >= 0.3 is 24.3 Å². The molecule has 0 aromatic carbocycles. The highest BCUT2D eigenvalue weighted by molar-refractivity contribution is 5.74. The van der Waals surface area contributed by atoms with Crippen LogP contribution in [0.25, 0.3) is 0 Å². The predicted molar refractivity (Wildman–Crippen MR) is 55.4 cm³/mol. The second kappa shape index (κ2) is 8.51. The van der Waals surface area contributed by atoms with E-state index < -0.39 is 31.0 Å². The standard InChI is InChI=1S/C9H14F4N2O4/c10-7(11)9(12,13)5-19-4-3-15-8(18)14-2-1-6(16)17/h7H,1-5H2,(H,16,17)(H2,14,15,18). The molecule has 0 unspecified atom stereocenters. The topological polar surface area (TPSA) is 87.7 Å². The Labute approximate surface area is 106 Å². The lowest BCUT2D eigenvalue weighted by Crippen LogP contribution is -2.39. The molecule has 0 heterocycles. The van der Waals surface area contributed by atoms with Gasteiger partial charge in [0, 0.05) is 13.1 Å². The van der Waals surface area contributed by atoms with Crippen LogP contribution < -0.4 is 10.6 Å². The van der Waals surface area contributed by atoms with Crippen molar-refractivity contribution >= 4 is 12.0 Å². The molecular formula is C9H14F4N2O4. The van der Waals surface area contributed by atoms with Crippen LogP contribution in [0.3, 0.4) is 0 Å². The summed E-state index contributed by atoms with van der Waals surface area (Å²) in [7, 11) is 0. The molecule has 0 saturated heterocycles. The molecule has 0 aromatic rings. The van der Waals surface area contributed by atoms with Crippen molar-refractivity contribution in [2.75, 3.05) is 26.3 Å². The first-order valence-corrected chi connectivity index (χ1v) is 5.23. The summed E-state index contributed by atoms with van der Waals surface area (Å²) in [5.74, 6) is -5.30. The lowest BCUT2D eigenvalue weighted by atomic mass is 10.4. The number of carbonyl (C=O) groups is 2. The third kappa shape index (κ3) is 9.05. The largest absolute Gasteiger partial charge is 0.481 e. The molecule has 0 atom stereocenters. The maximum absolute atomic E-state index is 12.3. The van der Waals surface area contributed by atoms with Gasteiger partial charge in [0.15, 0.2) is 0 Å². The number of amides is 2. The number of hydrogen-bond donors (Lipinski definition) is 3. The number of rotatable bonds is 9. The summed E-state index contributed by atoms with van der Waals surface area (Å²) < 4.78 is 52.4. The first-order valence-electron chi connectivity index (χ1n) is 5.23. The summed E-state index contributed by atoms with van der Waals surface area (Å²) in [5, 5.41) is 12.6. The lowest BCUT2D eigenvalue weighted by Gasteiger charge is -2.15. The molecule has 0 aliphatic rings. The number of urea groups is 1. The van der Waals surface area contributed by atoms with Gasteiger partial charge in [-0.25, -0.2) is 13.6 Å². The van der Waals surface area contributed by atoms with Crippen LogP contribution in [0, 0.1) is 0 Å². The van der Waals surface area contributed by atoms with E-state index in [9.17, 15) is 27.2 Å². The fourth-order valence-electron chi connectivity index (χ4n) is 0.853. The van der Waals surface area contributed by atoms with Gasteiger partial charge < -0.3 is 20.5 Å². The van der Waals surface area contributed by atoms with E-state index in [1.807, 2.05) is 0 Å². The van der Waals surface area contributed by atoms with Gasteiger partial charge in [-0.2, -0.15) is 8.78 Å². The van der Waals surface area contributed by atoms with E-state index in [1.54, 1.807) is 0 Å². The van der Waals surface area contributed by atoms with Crippen molar-refractivity contribution in [2.24, 2.45) is 0 Å². The van der Waals surface area contributed by atoms with Gasteiger partial charge in [0.25, 0.3) is 0 Å². The van der Waals surface area contributed by atoms with Gasteiger partial charge in [0.1, 0.15) is 6.61 Å². The molecule has 19 heavy (non-hydrogen) atoms. The van der Waals surface area contributed by atoms with Gasteiger partial charge in [-0.1, -0.05) is 0 Å². The van der Waals surface area contributed by atoms with Gasteiger partial charge in [-0.3, -0.25) is 4.79 Å². The molecule has 0 spiro atoms. The highest BCUT2D eigenvalue weighted by Gasteiger charge is 2.40. The minimum absolute atomic E-state index is 0.0918. The van der Waals surface area contributed by atoms with Crippen LogP contribution in [-0.4, -0.2) is 55.8 Å². The van der Waals surface area contributed by atoms with Crippen LogP contribution in [0.2, 0.25) is 0 Å². The van der Waals surface area contributed by atoms with Crippen molar-refractivity contribution in [1.82, 2.24) is 10.6 Å². The van der Waals surface area contributed by atoms with Gasteiger partial charge in [-0.15, -0.1) is 0 Å². The third-order valence-electron chi connectivity index (χ3n) is 1.77. The lowest BCUT2D eigenvalue weighted by molar-refractivity contribution is -0.165. The zero-order chi connectivity index (χ0) is 14.9. The highest BCUT2D eigenvalue weighted by atomic mass is 19.3. The molecule has 0 aliphatic carbocycles. The van der Waals surface area contributed by atoms with E-state index in [0.717, 1.165) is 0 Å². The highest BCUT2D eigenvalue weighted by Crippen LogP contribution is 2.22. The van der Waals surface area contributed by atoms with Crippen LogP contribution in [0.4, 0.5) is 22.4 Å². The summed E-state index contributed by atoms with van der Waals surface area (Å²) in [6.45, 7) is -2.06. The van der Waals surface area contributed by atoms with E-state index in [1.165, 1.54) is 0 Å². The average Bonchev–Trinajstić information content (AvgIpc) is 2.27. The second-order valence-corrected chi connectivity index (χ2v) is 3.44. The monoisotopic (exact) mass is 290 g/mol. The molecule has 0 bridgehead atoms. The fraction of sp³-hybridized carbons (Fsp3) is 0.778. The smallest absolute Gasteiger partial charge is 0.330 e. The number of aliphatic carboxylic acids is 1. The maximum atomic E-state index is 12.3. The van der Waals surface area contributed by atoms with Crippen molar-refractivity contribution in [3.8, 4) is 0 Å². The summed E-state index contributed by atoms with van der Waals surface area (Å²) in [5.41, 5.74) is 0. The Morgan fingerprint density at radius 2 is 1.79 bits per heavy atom. The Kier molecular flexibility index (Phi) is 7.80. The van der Waals surface area contributed by atoms with E-state index >= 15 is 0 Å². The van der Waals surface area contributed by atoms with E-state index in [-0.39, 0.29) is 26.1 Å². The molecule has 0 aliphatic heterocycles. The van der Waals surface area contributed by atoms with Crippen LogP contribution in [-0.2, 0) is 9.53 Å². The van der Waals surface area contributed by atoms with E-state index in [4.69, 9.17) is 5.11 Å². The Balaban J connectivity index is 3.54. The number of carboxylic acids is 1. The molecule has 0 radical (unpaired) electrons. The summed E-state index contributed by atoms with van der Waals surface area (Å²) in [6.07, 6.45) is -4.07. The predicted octanol–water partition coefficient (Wildman–Crippen LogP) is 0.677. The molecule has 3 N–H and O–H groups in total. The number of carboxylic acid groups (broad SMARTS) is 1. The van der Waals surface area contributed by atoms with E-state index in [2.05, 4.69) is 15.4 Å². The number of alkyl halides is 4. The maximum Gasteiger partial charge on any atom is 0.330 e. The van der Waals surface area contributed by atoms with Crippen LogP contribution in [0.15, 0.2) is 0 Å². The van der Waals surface area contributed by atoms with Crippen molar-refractivity contribution in [2.45, 2.75) is 18.8 Å². The molecule has 6 nitrogen and oxygen atoms in total. The van der Waals surface area contributed by atoms with Crippen LogP contribution in [0.5, 0.6) is 0 Å². The number of hydrogen-bond acceptors (Lipinski definition) is 3. The van der Waals surface area contributed by atoms with Gasteiger partial charge in [-0.05, 0) is 0 Å². The van der Waals surface area contributed by atoms with Crippen molar-refractivity contribution in [3.05, 3.63) is 0 Å². The van der Waals surface area contributed by atoms with Crippen LogP contribution in [0.1, 0.15) is 6.42 Å². The average molecular weight is 290 g/mol. The Morgan fingerprint density at radius 3 is 2.32 bits per heavy atom. The zero-order valence-corrected chi connectivity index (χ0v) is 9.80. The molecule has 0 fully saturated rings. The Hall–Kier alpha value is -1.58. The zero-order valence-electron chi connectivity index (χ0n) is 9.80. The van der Waals surface area contributed by atoms with Crippen molar-refractivity contribution in [3.63, 3.8) is 0 Å².